The van der Waals surface area contributed by atoms with Crippen LogP contribution in [0.5, 0.6) is 5.75 Å². The molecule has 0 saturated heterocycles. The monoisotopic (exact) mass is 492 g/mol. The standard InChI is InChI=1S/C22H30O7S2.Na/c1-2-3-4-5-6-7-8-9-12-19-15-17-20(18-16-19)28-29-31(26,27)22-14-11-10-13-21(22)30(23,24)25;/h10-11,13-18H,2-9,12H2,1H3,(H,23,24,25);/q;+1/p-1. The molecule has 0 spiro atoms. The van der Waals surface area contributed by atoms with E-state index >= 15 is 0 Å². The molecule has 0 bridgehead atoms. The molecule has 0 unspecified atom stereocenters. The van der Waals surface area contributed by atoms with Gasteiger partial charge in [-0.3, -0.25) is 0 Å². The molecule has 0 aliphatic heterocycles. The van der Waals surface area contributed by atoms with E-state index in [2.05, 4.69) is 11.3 Å². The van der Waals surface area contributed by atoms with Gasteiger partial charge in [0.05, 0.1) is 4.90 Å². The van der Waals surface area contributed by atoms with Crippen molar-refractivity contribution in [1.82, 2.24) is 0 Å². The third-order valence-electron chi connectivity index (χ3n) is 4.85. The predicted molar refractivity (Wildman–Crippen MR) is 116 cm³/mol. The van der Waals surface area contributed by atoms with Gasteiger partial charge in [-0.05, 0) is 42.7 Å². The summed E-state index contributed by atoms with van der Waals surface area (Å²) in [7, 11) is -9.60. The maximum Gasteiger partial charge on any atom is 1.00 e. The van der Waals surface area contributed by atoms with Gasteiger partial charge in [-0.2, -0.15) is 8.42 Å². The van der Waals surface area contributed by atoms with E-state index in [1.165, 1.54) is 57.1 Å². The molecule has 2 rings (SSSR count). The minimum Gasteiger partial charge on any atom is -0.744 e. The molecule has 0 aromatic heterocycles. The average Bonchev–Trinajstić information content (AvgIpc) is 2.74. The van der Waals surface area contributed by atoms with Crippen LogP contribution in [0, 0.1) is 0 Å². The van der Waals surface area contributed by atoms with Gasteiger partial charge in [-0.15, -0.1) is 0 Å². The zero-order chi connectivity index (χ0) is 22.7. The van der Waals surface area contributed by atoms with Crippen LogP contribution < -0.4 is 34.4 Å². The fraction of sp³-hybridized carbons (Fsp3) is 0.455. The Balaban J connectivity index is 0.00000512. The molecule has 172 valence electrons. The molecule has 0 aliphatic rings. The van der Waals surface area contributed by atoms with Crippen LogP contribution >= 0.6 is 0 Å². The Morgan fingerprint density at radius 1 is 0.750 bits per heavy atom. The van der Waals surface area contributed by atoms with Gasteiger partial charge in [-0.25, -0.2) is 8.42 Å². The normalized spacial score (nSPS) is 11.7. The van der Waals surface area contributed by atoms with Crippen molar-refractivity contribution < 1.29 is 60.2 Å². The largest absolute Gasteiger partial charge is 1.00 e. The fourth-order valence-electron chi connectivity index (χ4n) is 3.16. The summed E-state index contributed by atoms with van der Waals surface area (Å²) in [5.41, 5.74) is 1.10. The summed E-state index contributed by atoms with van der Waals surface area (Å²) in [6.45, 7) is 2.21. The second-order valence-electron chi connectivity index (χ2n) is 7.38. The van der Waals surface area contributed by atoms with Gasteiger partial charge in [0.1, 0.15) is 15.0 Å². The van der Waals surface area contributed by atoms with Gasteiger partial charge in [0.25, 0.3) is 0 Å². The number of benzene rings is 2. The first-order valence-corrected chi connectivity index (χ1v) is 13.3. The first kappa shape index (κ1) is 29.1. The maximum absolute atomic E-state index is 12.3. The molecule has 0 atom stereocenters. The summed E-state index contributed by atoms with van der Waals surface area (Å²) in [5, 5.41) is 0. The van der Waals surface area contributed by atoms with Crippen LogP contribution in [0.1, 0.15) is 63.9 Å². The Kier molecular flexibility index (Phi) is 13.0. The van der Waals surface area contributed by atoms with Crippen molar-refractivity contribution in [2.24, 2.45) is 0 Å². The number of aryl methyl sites for hydroxylation is 1. The van der Waals surface area contributed by atoms with E-state index in [9.17, 15) is 21.4 Å². The average molecular weight is 493 g/mol. The van der Waals surface area contributed by atoms with Crippen LogP contribution in [0.2, 0.25) is 0 Å². The summed E-state index contributed by atoms with van der Waals surface area (Å²) in [4.78, 5) is 3.20. The zero-order valence-electron chi connectivity index (χ0n) is 18.7. The summed E-state index contributed by atoms with van der Waals surface area (Å²) in [5.74, 6) is 0.144. The van der Waals surface area contributed by atoms with E-state index in [0.717, 1.165) is 30.5 Å². The van der Waals surface area contributed by atoms with Crippen LogP contribution in [0.3, 0.4) is 0 Å². The summed E-state index contributed by atoms with van der Waals surface area (Å²) >= 11 is 0. The van der Waals surface area contributed by atoms with Gasteiger partial charge in [-0.1, -0.05) is 80.5 Å². The quantitative estimate of drug-likeness (QED) is 0.130. The predicted octanol–water partition coefficient (Wildman–Crippen LogP) is 1.98. The molecule has 0 aliphatic carbocycles. The minimum absolute atomic E-state index is 0. The molecule has 0 amide bonds. The van der Waals surface area contributed by atoms with Crippen LogP contribution in [0.15, 0.2) is 58.3 Å². The number of hydrogen-bond acceptors (Lipinski definition) is 7. The van der Waals surface area contributed by atoms with Crippen LogP contribution in [-0.2, 0) is 31.0 Å². The number of unbranched alkanes of at least 4 members (excludes halogenated alkanes) is 7. The molecular weight excluding hydrogens is 463 g/mol. The molecule has 0 fully saturated rings. The zero-order valence-corrected chi connectivity index (χ0v) is 22.3. The third kappa shape index (κ3) is 9.91. The first-order valence-electron chi connectivity index (χ1n) is 10.5. The molecule has 0 radical (unpaired) electrons. The SMILES string of the molecule is CCCCCCCCCCc1ccc(OOS(=O)(=O)c2ccccc2S(=O)(=O)[O-])cc1.[Na+]. The van der Waals surface area contributed by atoms with Gasteiger partial charge in [0.15, 0.2) is 5.75 Å². The maximum atomic E-state index is 12.3. The number of rotatable bonds is 14. The topological polar surface area (TPSA) is 110 Å². The van der Waals surface area contributed by atoms with Gasteiger partial charge >= 0.3 is 39.7 Å². The number of hydrogen-bond donors (Lipinski definition) is 0. The summed E-state index contributed by atoms with van der Waals surface area (Å²) < 4.78 is 62.9. The fourth-order valence-corrected chi connectivity index (χ4v) is 5.13. The van der Waals surface area contributed by atoms with E-state index in [1.807, 2.05) is 12.1 Å². The molecule has 10 heteroatoms. The molecule has 32 heavy (non-hydrogen) atoms. The van der Waals surface area contributed by atoms with Crippen LogP contribution in [0.4, 0.5) is 0 Å². The Hall–Kier alpha value is -0.940. The Labute approximate surface area is 213 Å². The third-order valence-corrected chi connectivity index (χ3v) is 7.02. The Morgan fingerprint density at radius 2 is 1.28 bits per heavy atom. The second-order valence-corrected chi connectivity index (χ2v) is 10.2. The van der Waals surface area contributed by atoms with Gasteiger partial charge < -0.3 is 9.44 Å². The second kappa shape index (κ2) is 14.3. The molecule has 0 heterocycles. The van der Waals surface area contributed by atoms with Crippen molar-refractivity contribution in [1.29, 1.82) is 0 Å². The van der Waals surface area contributed by atoms with Gasteiger partial charge in [0.2, 0.25) is 0 Å². The molecule has 0 saturated carbocycles. The van der Waals surface area contributed by atoms with E-state index < -0.39 is 30.0 Å². The van der Waals surface area contributed by atoms with E-state index in [-0.39, 0.29) is 35.3 Å². The molecule has 2 aromatic rings. The van der Waals surface area contributed by atoms with Crippen molar-refractivity contribution in [3.63, 3.8) is 0 Å². The van der Waals surface area contributed by atoms with Crippen molar-refractivity contribution in [2.75, 3.05) is 0 Å². The summed E-state index contributed by atoms with van der Waals surface area (Å²) in [6, 6.07) is 11.2. The van der Waals surface area contributed by atoms with Crippen molar-refractivity contribution in [3.8, 4) is 5.75 Å². The van der Waals surface area contributed by atoms with E-state index in [4.69, 9.17) is 4.89 Å². The smallest absolute Gasteiger partial charge is 0.744 e. The van der Waals surface area contributed by atoms with Crippen molar-refractivity contribution in [3.05, 3.63) is 54.1 Å². The minimum atomic E-state index is -4.99. The Morgan fingerprint density at radius 3 is 1.84 bits per heavy atom. The first-order chi connectivity index (χ1) is 14.7. The molecule has 2 aromatic carbocycles. The van der Waals surface area contributed by atoms with Crippen LogP contribution in [-0.4, -0.2) is 21.4 Å². The molecular formula is C22H29NaO7S2. The molecule has 7 nitrogen and oxygen atoms in total. The van der Waals surface area contributed by atoms with Crippen molar-refractivity contribution in [2.45, 2.75) is 74.5 Å². The molecule has 0 N–H and O–H groups in total. The Bertz CT molecular complexity index is 1020. The van der Waals surface area contributed by atoms with E-state index in [1.54, 1.807) is 12.1 Å². The summed E-state index contributed by atoms with van der Waals surface area (Å²) in [6.07, 6.45) is 10.9. The van der Waals surface area contributed by atoms with Crippen LogP contribution in [0.25, 0.3) is 0 Å². The van der Waals surface area contributed by atoms with Crippen molar-refractivity contribution >= 4 is 20.2 Å². The van der Waals surface area contributed by atoms with Gasteiger partial charge in [0, 0.05) is 0 Å². The van der Waals surface area contributed by atoms with E-state index in [0.29, 0.717) is 0 Å².